The first-order valence-corrected chi connectivity index (χ1v) is 6.41. The Morgan fingerprint density at radius 3 is 3.00 bits per heavy atom. The van der Waals surface area contributed by atoms with Crippen molar-refractivity contribution in [1.82, 2.24) is 4.90 Å². The van der Waals surface area contributed by atoms with Crippen LogP contribution < -0.4 is 4.74 Å². The topological polar surface area (TPSA) is 49.8 Å². The van der Waals surface area contributed by atoms with Crippen LogP contribution in [0.5, 0.6) is 5.75 Å². The summed E-state index contributed by atoms with van der Waals surface area (Å²) in [5.41, 5.74) is 1.10. The lowest BCUT2D eigenvalue weighted by Crippen LogP contribution is -2.40. The minimum Gasteiger partial charge on any atom is -0.492 e. The number of ether oxygens (including phenoxy) is 1. The Kier molecular flexibility index (Phi) is 2.96. The van der Waals surface area contributed by atoms with Crippen molar-refractivity contribution in [3.05, 3.63) is 29.8 Å². The molecule has 0 radical (unpaired) electrons. The third kappa shape index (κ3) is 2.08. The molecule has 2 unspecified atom stereocenters. The summed E-state index contributed by atoms with van der Waals surface area (Å²) in [6.07, 6.45) is 1.07. The molecule has 18 heavy (non-hydrogen) atoms. The van der Waals surface area contributed by atoms with Crippen molar-refractivity contribution in [3.63, 3.8) is 0 Å². The van der Waals surface area contributed by atoms with Gasteiger partial charge in [0.1, 0.15) is 12.4 Å². The molecule has 96 valence electrons. The minimum absolute atomic E-state index is 0.106. The zero-order valence-corrected chi connectivity index (χ0v) is 10.2. The summed E-state index contributed by atoms with van der Waals surface area (Å²) in [5, 5.41) is 9.48. The first kappa shape index (κ1) is 11.5. The van der Waals surface area contributed by atoms with Gasteiger partial charge in [0.05, 0.1) is 12.0 Å². The molecule has 1 amide bonds. The van der Waals surface area contributed by atoms with E-state index in [-0.39, 0.29) is 17.9 Å². The predicted molar refractivity (Wildman–Crippen MR) is 66.3 cm³/mol. The molecule has 2 heterocycles. The maximum absolute atomic E-state index is 12.3. The van der Waals surface area contributed by atoms with Gasteiger partial charge in [-0.2, -0.15) is 0 Å². The molecule has 0 spiro atoms. The summed E-state index contributed by atoms with van der Waals surface area (Å²) in [5.74, 6) is 0.897. The number of carbonyl (C=O) groups excluding carboxylic acids is 1. The van der Waals surface area contributed by atoms with Crippen molar-refractivity contribution >= 4 is 5.91 Å². The average Bonchev–Trinajstić information content (AvgIpc) is 2.84. The molecular formula is C14H17NO3. The summed E-state index contributed by atoms with van der Waals surface area (Å²) in [4.78, 5) is 14.0. The summed E-state index contributed by atoms with van der Waals surface area (Å²) in [7, 11) is 0. The predicted octanol–water partition coefficient (Wildman–Crippen LogP) is 0.831. The molecule has 1 N–H and O–H groups in total. The molecule has 0 aromatic heterocycles. The third-order valence-corrected chi connectivity index (χ3v) is 3.70. The molecule has 3 rings (SSSR count). The van der Waals surface area contributed by atoms with Crippen LogP contribution in [0.1, 0.15) is 12.0 Å². The van der Waals surface area contributed by atoms with Crippen LogP contribution in [-0.2, 0) is 11.2 Å². The van der Waals surface area contributed by atoms with Gasteiger partial charge in [0.15, 0.2) is 0 Å². The first-order chi connectivity index (χ1) is 8.74. The molecule has 0 saturated carbocycles. The van der Waals surface area contributed by atoms with Gasteiger partial charge in [-0.1, -0.05) is 18.2 Å². The van der Waals surface area contributed by atoms with Crippen LogP contribution in [0.3, 0.4) is 0 Å². The zero-order valence-electron chi connectivity index (χ0n) is 10.2. The van der Waals surface area contributed by atoms with E-state index in [0.29, 0.717) is 26.1 Å². The number of para-hydroxylation sites is 1. The molecular weight excluding hydrogens is 230 g/mol. The van der Waals surface area contributed by atoms with E-state index >= 15 is 0 Å². The van der Waals surface area contributed by atoms with Crippen LogP contribution in [0.25, 0.3) is 0 Å². The van der Waals surface area contributed by atoms with Gasteiger partial charge in [-0.25, -0.2) is 0 Å². The van der Waals surface area contributed by atoms with Crippen LogP contribution in [-0.4, -0.2) is 41.7 Å². The third-order valence-electron chi connectivity index (χ3n) is 3.70. The standard InChI is InChI=1S/C14H17NO3/c16-12-5-6-15(8-12)14(17)11-7-10-3-1-2-4-13(10)18-9-11/h1-4,11-12,16H,5-9H2. The number of fused-ring (bicyclic) bond motifs is 1. The van der Waals surface area contributed by atoms with Gasteiger partial charge >= 0.3 is 0 Å². The van der Waals surface area contributed by atoms with Crippen LogP contribution in [0.2, 0.25) is 0 Å². The number of aliphatic hydroxyl groups excluding tert-OH is 1. The zero-order chi connectivity index (χ0) is 12.5. The van der Waals surface area contributed by atoms with E-state index in [2.05, 4.69) is 0 Å². The molecule has 1 fully saturated rings. The molecule has 2 aliphatic heterocycles. The number of hydrogen-bond donors (Lipinski definition) is 1. The number of benzene rings is 1. The Labute approximate surface area is 106 Å². The van der Waals surface area contributed by atoms with Crippen molar-refractivity contribution in [2.45, 2.75) is 18.9 Å². The van der Waals surface area contributed by atoms with E-state index in [0.717, 1.165) is 17.7 Å². The van der Waals surface area contributed by atoms with Crippen LogP contribution in [0, 0.1) is 5.92 Å². The van der Waals surface area contributed by atoms with E-state index in [4.69, 9.17) is 4.74 Å². The van der Waals surface area contributed by atoms with Crippen molar-refractivity contribution in [2.24, 2.45) is 5.92 Å². The smallest absolute Gasteiger partial charge is 0.229 e. The maximum Gasteiger partial charge on any atom is 0.229 e. The highest BCUT2D eigenvalue weighted by atomic mass is 16.5. The normalized spacial score (nSPS) is 26.6. The SMILES string of the molecule is O=C(C1COc2ccccc2C1)N1CCC(O)C1. The van der Waals surface area contributed by atoms with Gasteiger partial charge in [-0.15, -0.1) is 0 Å². The second kappa shape index (κ2) is 4.61. The van der Waals surface area contributed by atoms with Crippen molar-refractivity contribution in [2.75, 3.05) is 19.7 Å². The number of β-amino-alcohol motifs (C(OH)–C–C–N with tert-alkyl or cyclic N) is 1. The van der Waals surface area contributed by atoms with Gasteiger partial charge in [0.25, 0.3) is 0 Å². The van der Waals surface area contributed by atoms with E-state index in [1.165, 1.54) is 0 Å². The second-order valence-electron chi connectivity index (χ2n) is 5.05. The molecule has 2 aliphatic rings. The van der Waals surface area contributed by atoms with Crippen LogP contribution in [0.15, 0.2) is 24.3 Å². The number of aliphatic hydroxyl groups is 1. The number of likely N-dealkylation sites (tertiary alicyclic amines) is 1. The highest BCUT2D eigenvalue weighted by molar-refractivity contribution is 5.80. The molecule has 4 nitrogen and oxygen atoms in total. The van der Waals surface area contributed by atoms with Gasteiger partial charge < -0.3 is 14.7 Å². The summed E-state index contributed by atoms with van der Waals surface area (Å²) >= 11 is 0. The second-order valence-corrected chi connectivity index (χ2v) is 5.05. The van der Waals surface area contributed by atoms with Crippen molar-refractivity contribution in [3.8, 4) is 5.75 Å². The molecule has 2 atom stereocenters. The Bertz CT molecular complexity index is 460. The Morgan fingerprint density at radius 1 is 1.39 bits per heavy atom. The van der Waals surface area contributed by atoms with Gasteiger partial charge in [0.2, 0.25) is 5.91 Å². The maximum atomic E-state index is 12.3. The van der Waals surface area contributed by atoms with Gasteiger partial charge in [-0.3, -0.25) is 4.79 Å². The van der Waals surface area contributed by atoms with Crippen LogP contribution in [0.4, 0.5) is 0 Å². The Balaban J connectivity index is 1.70. The lowest BCUT2D eigenvalue weighted by Gasteiger charge is -2.28. The van der Waals surface area contributed by atoms with Gasteiger partial charge in [0, 0.05) is 13.1 Å². The lowest BCUT2D eigenvalue weighted by atomic mass is 9.95. The highest BCUT2D eigenvalue weighted by Gasteiger charge is 2.32. The molecule has 1 aromatic rings. The fourth-order valence-corrected chi connectivity index (χ4v) is 2.69. The fraction of sp³-hybridized carbons (Fsp3) is 0.500. The molecule has 1 aromatic carbocycles. The largest absolute Gasteiger partial charge is 0.492 e. The summed E-state index contributed by atoms with van der Waals surface area (Å²) in [6, 6.07) is 7.86. The fourth-order valence-electron chi connectivity index (χ4n) is 2.69. The molecule has 0 bridgehead atoms. The van der Waals surface area contributed by atoms with E-state index in [1.54, 1.807) is 4.90 Å². The first-order valence-electron chi connectivity index (χ1n) is 6.41. The van der Waals surface area contributed by atoms with Crippen molar-refractivity contribution < 1.29 is 14.6 Å². The molecule has 0 aliphatic carbocycles. The number of nitrogens with zero attached hydrogens (tertiary/aromatic N) is 1. The monoisotopic (exact) mass is 247 g/mol. The number of amides is 1. The molecule has 1 saturated heterocycles. The van der Waals surface area contributed by atoms with E-state index in [9.17, 15) is 9.90 Å². The Hall–Kier alpha value is -1.55. The van der Waals surface area contributed by atoms with Crippen molar-refractivity contribution in [1.29, 1.82) is 0 Å². The van der Waals surface area contributed by atoms with E-state index in [1.807, 2.05) is 24.3 Å². The summed E-state index contributed by atoms with van der Waals surface area (Å²) < 4.78 is 5.63. The number of hydrogen-bond acceptors (Lipinski definition) is 3. The Morgan fingerprint density at radius 2 is 2.22 bits per heavy atom. The highest BCUT2D eigenvalue weighted by Crippen LogP contribution is 2.28. The molecule has 4 heteroatoms. The van der Waals surface area contributed by atoms with E-state index < -0.39 is 0 Å². The minimum atomic E-state index is -0.356. The number of rotatable bonds is 1. The average molecular weight is 247 g/mol. The quantitative estimate of drug-likeness (QED) is 0.799. The summed E-state index contributed by atoms with van der Waals surface area (Å²) in [6.45, 7) is 1.58. The number of carbonyl (C=O) groups is 1. The van der Waals surface area contributed by atoms with Gasteiger partial charge in [-0.05, 0) is 24.5 Å². The van der Waals surface area contributed by atoms with Crippen LogP contribution >= 0.6 is 0 Å². The lowest BCUT2D eigenvalue weighted by molar-refractivity contribution is -0.136.